The zero-order chi connectivity index (χ0) is 28.4. The van der Waals surface area contributed by atoms with Crippen LogP contribution in [0, 0.1) is 5.92 Å². The van der Waals surface area contributed by atoms with Gasteiger partial charge in [-0.15, -0.1) is 13.2 Å². The van der Waals surface area contributed by atoms with Crippen molar-refractivity contribution in [3.05, 3.63) is 52.0 Å². The van der Waals surface area contributed by atoms with Gasteiger partial charge in [0.05, 0.1) is 28.1 Å². The molecule has 2 heterocycles. The van der Waals surface area contributed by atoms with Crippen LogP contribution in [0.2, 0.25) is 10.0 Å². The summed E-state index contributed by atoms with van der Waals surface area (Å²) in [6.07, 6.45) is -1.08. The van der Waals surface area contributed by atoms with E-state index in [1.165, 1.54) is 12.1 Å². The topological polar surface area (TPSA) is 74.3 Å². The summed E-state index contributed by atoms with van der Waals surface area (Å²) in [6, 6.07) is 8.30. The van der Waals surface area contributed by atoms with Gasteiger partial charge in [0.2, 0.25) is 5.91 Å². The molecule has 0 bridgehead atoms. The molecule has 0 aromatic heterocycles. The Morgan fingerprint density at radius 3 is 2.30 bits per heavy atom. The van der Waals surface area contributed by atoms with Crippen molar-refractivity contribution in [1.82, 2.24) is 10.2 Å². The van der Waals surface area contributed by atoms with E-state index in [0.29, 0.717) is 53.1 Å². The summed E-state index contributed by atoms with van der Waals surface area (Å²) in [5.41, 5.74) is 1.20. The van der Waals surface area contributed by atoms with Gasteiger partial charge in [0.25, 0.3) is 0 Å². The van der Waals surface area contributed by atoms with Crippen LogP contribution in [0.5, 0.6) is 11.5 Å². The number of hydrogen-bond acceptors (Lipinski definition) is 6. The van der Waals surface area contributed by atoms with Gasteiger partial charge in [-0.25, -0.2) is 0 Å². The number of amides is 1. The summed E-state index contributed by atoms with van der Waals surface area (Å²) in [5.74, 6) is -0.420. The number of carbonyl (C=O) groups excluding carboxylic acids is 1. The standard InChI is InChI=1S/C28H32Cl2F3N3O4/c29-22-13-18(14-23(30)26(22)39-20-7-8-20)25(37)24(16-35-10-1-2-11-35)34-27(38)17-9-12-36(15-17)19-3-5-21(6-4-19)40-28(31,32)33/h3-6,13-14,17,20,24-25,37H,1-2,7-12,15-16H2,(H,34,38)/t17?,24-,25-/m1/s1. The van der Waals surface area contributed by atoms with E-state index in [2.05, 4.69) is 15.0 Å². The maximum atomic E-state index is 13.4. The van der Waals surface area contributed by atoms with E-state index in [4.69, 9.17) is 27.9 Å². The number of alkyl halides is 3. The maximum absolute atomic E-state index is 13.4. The summed E-state index contributed by atoms with van der Waals surface area (Å²) >= 11 is 12.9. The molecule has 7 nitrogen and oxygen atoms in total. The van der Waals surface area contributed by atoms with Crippen molar-refractivity contribution < 1.29 is 32.5 Å². The molecule has 2 saturated heterocycles. The van der Waals surface area contributed by atoms with Crippen LogP contribution in [0.25, 0.3) is 0 Å². The van der Waals surface area contributed by atoms with Crippen LogP contribution in [0.3, 0.4) is 0 Å². The summed E-state index contributed by atoms with van der Waals surface area (Å²) in [7, 11) is 0. The number of aliphatic hydroxyl groups is 1. The molecule has 1 saturated carbocycles. The first-order valence-electron chi connectivity index (χ1n) is 13.5. The molecule has 3 aliphatic rings. The highest BCUT2D eigenvalue weighted by Gasteiger charge is 2.34. The van der Waals surface area contributed by atoms with Crippen molar-refractivity contribution in [2.75, 3.05) is 37.6 Å². The predicted molar refractivity (Wildman–Crippen MR) is 146 cm³/mol. The first-order valence-corrected chi connectivity index (χ1v) is 14.3. The molecule has 0 radical (unpaired) electrons. The Balaban J connectivity index is 1.25. The lowest BCUT2D eigenvalue weighted by atomic mass is 9.99. The molecule has 1 aliphatic carbocycles. The Labute approximate surface area is 241 Å². The van der Waals surface area contributed by atoms with Crippen molar-refractivity contribution in [1.29, 1.82) is 0 Å². The Hall–Kier alpha value is -2.40. The normalized spacial score (nSPS) is 21.4. The fourth-order valence-electron chi connectivity index (χ4n) is 5.28. The third-order valence-corrected chi connectivity index (χ3v) is 8.09. The van der Waals surface area contributed by atoms with Crippen molar-refractivity contribution >= 4 is 34.8 Å². The second-order valence-corrected chi connectivity index (χ2v) is 11.5. The molecule has 5 rings (SSSR count). The molecule has 0 spiro atoms. The molecule has 1 unspecified atom stereocenters. The molecule has 3 fully saturated rings. The van der Waals surface area contributed by atoms with Gasteiger partial charge in [-0.3, -0.25) is 4.79 Å². The lowest BCUT2D eigenvalue weighted by molar-refractivity contribution is -0.274. The van der Waals surface area contributed by atoms with Gasteiger partial charge < -0.3 is 29.7 Å². The maximum Gasteiger partial charge on any atom is 0.573 e. The van der Waals surface area contributed by atoms with E-state index < -0.39 is 18.5 Å². The van der Waals surface area contributed by atoms with Gasteiger partial charge in [0.15, 0.2) is 5.75 Å². The van der Waals surface area contributed by atoms with E-state index in [1.54, 1.807) is 24.3 Å². The molecule has 2 aromatic rings. The first-order chi connectivity index (χ1) is 19.1. The summed E-state index contributed by atoms with van der Waals surface area (Å²) in [5, 5.41) is 15.1. The lowest BCUT2D eigenvalue weighted by Crippen LogP contribution is -2.48. The van der Waals surface area contributed by atoms with Gasteiger partial charge in [0, 0.05) is 25.3 Å². The second kappa shape index (κ2) is 12.2. The number of ether oxygens (including phenoxy) is 2. The minimum Gasteiger partial charge on any atom is -0.487 e. The summed E-state index contributed by atoms with van der Waals surface area (Å²) in [4.78, 5) is 17.6. The third kappa shape index (κ3) is 7.46. The van der Waals surface area contributed by atoms with E-state index >= 15 is 0 Å². The number of hydrogen-bond donors (Lipinski definition) is 2. The minimum absolute atomic E-state index is 0.116. The highest BCUT2D eigenvalue weighted by Crippen LogP contribution is 2.40. The highest BCUT2D eigenvalue weighted by atomic mass is 35.5. The summed E-state index contributed by atoms with van der Waals surface area (Å²) < 4.78 is 47.2. The van der Waals surface area contributed by atoms with Crippen molar-refractivity contribution in [2.45, 2.75) is 56.7 Å². The number of nitrogens with zero attached hydrogens (tertiary/aromatic N) is 2. The molecule has 218 valence electrons. The van der Waals surface area contributed by atoms with E-state index in [9.17, 15) is 23.1 Å². The molecule has 2 N–H and O–H groups in total. The monoisotopic (exact) mass is 601 g/mol. The SMILES string of the molecule is O=C(N[C@H](CN1CCCC1)[C@H](O)c1cc(Cl)c(OC2CC2)c(Cl)c1)C1CCN(c2ccc(OC(F)(F)F)cc2)C1. The van der Waals surface area contributed by atoms with Gasteiger partial charge in [-0.2, -0.15) is 0 Å². The first kappa shape index (κ1) is 29.1. The molecular formula is C28H32Cl2F3N3O4. The zero-order valence-corrected chi connectivity index (χ0v) is 23.3. The average Bonchev–Trinajstić information content (AvgIpc) is 3.33. The Morgan fingerprint density at radius 1 is 1.05 bits per heavy atom. The van der Waals surface area contributed by atoms with Crippen molar-refractivity contribution in [2.24, 2.45) is 5.92 Å². The largest absolute Gasteiger partial charge is 0.573 e. The fraction of sp³-hybridized carbons (Fsp3) is 0.536. The number of rotatable bonds is 10. The molecule has 3 atom stereocenters. The van der Waals surface area contributed by atoms with Crippen LogP contribution in [0.15, 0.2) is 36.4 Å². The fourth-order valence-corrected chi connectivity index (χ4v) is 5.88. The van der Waals surface area contributed by atoms with Crippen LogP contribution in [-0.4, -0.2) is 67.1 Å². The highest BCUT2D eigenvalue weighted by molar-refractivity contribution is 6.37. The zero-order valence-electron chi connectivity index (χ0n) is 21.8. The number of halogens is 5. The molecule has 40 heavy (non-hydrogen) atoms. The Bertz CT molecular complexity index is 1170. The number of aliphatic hydroxyl groups excluding tert-OH is 1. The van der Waals surface area contributed by atoms with Crippen LogP contribution < -0.4 is 19.7 Å². The average molecular weight is 602 g/mol. The Kier molecular flexibility index (Phi) is 8.89. The molecule has 12 heteroatoms. The summed E-state index contributed by atoms with van der Waals surface area (Å²) in [6.45, 7) is 3.23. The smallest absolute Gasteiger partial charge is 0.487 e. The third-order valence-electron chi connectivity index (χ3n) is 7.53. The predicted octanol–water partition coefficient (Wildman–Crippen LogP) is 5.57. The van der Waals surface area contributed by atoms with Crippen LogP contribution in [-0.2, 0) is 4.79 Å². The van der Waals surface area contributed by atoms with Crippen molar-refractivity contribution in [3.63, 3.8) is 0 Å². The van der Waals surface area contributed by atoms with Crippen LogP contribution in [0.4, 0.5) is 18.9 Å². The molecular weight excluding hydrogens is 570 g/mol. The van der Waals surface area contributed by atoms with Crippen LogP contribution in [0.1, 0.15) is 43.8 Å². The van der Waals surface area contributed by atoms with E-state index in [-0.39, 0.29) is 23.7 Å². The number of nitrogens with one attached hydrogen (secondary N) is 1. The van der Waals surface area contributed by atoms with Gasteiger partial charge in [-0.1, -0.05) is 23.2 Å². The minimum atomic E-state index is -4.75. The second-order valence-electron chi connectivity index (χ2n) is 10.7. The quantitative estimate of drug-likeness (QED) is 0.371. The molecule has 2 aliphatic heterocycles. The Morgan fingerprint density at radius 2 is 1.70 bits per heavy atom. The van der Waals surface area contributed by atoms with E-state index in [1.807, 2.05) is 4.90 Å². The van der Waals surface area contributed by atoms with Gasteiger partial charge in [-0.05, 0) is 87.2 Å². The number of carbonyl (C=O) groups is 1. The number of likely N-dealkylation sites (tertiary alicyclic amines) is 1. The molecule has 2 aromatic carbocycles. The number of anilines is 1. The van der Waals surface area contributed by atoms with Crippen LogP contribution >= 0.6 is 23.2 Å². The lowest BCUT2D eigenvalue weighted by Gasteiger charge is -2.30. The van der Waals surface area contributed by atoms with E-state index in [0.717, 1.165) is 38.8 Å². The molecule has 1 amide bonds. The van der Waals surface area contributed by atoms with Gasteiger partial charge >= 0.3 is 6.36 Å². The van der Waals surface area contributed by atoms with Gasteiger partial charge in [0.1, 0.15) is 11.9 Å². The number of benzene rings is 2. The van der Waals surface area contributed by atoms with Crippen molar-refractivity contribution in [3.8, 4) is 11.5 Å².